The van der Waals surface area contributed by atoms with Crippen molar-refractivity contribution in [1.29, 1.82) is 0 Å². The summed E-state index contributed by atoms with van der Waals surface area (Å²) in [7, 11) is 0. The van der Waals surface area contributed by atoms with Gasteiger partial charge in [0, 0.05) is 30.9 Å². The van der Waals surface area contributed by atoms with Crippen LogP contribution in [0.2, 0.25) is 0 Å². The molecule has 0 fully saturated rings. The Balaban J connectivity index is 2.55. The standard InChI is InChI=1S/C12H20N2O/c1-10-5-7-14(11(15)9-10)8-6-13-12(2,3)4/h5,7,9,13H,6,8H2,1-4H3. The van der Waals surface area contributed by atoms with E-state index in [9.17, 15) is 4.79 Å². The molecule has 3 heteroatoms. The number of hydrogen-bond acceptors (Lipinski definition) is 2. The summed E-state index contributed by atoms with van der Waals surface area (Å²) in [5.41, 5.74) is 1.19. The van der Waals surface area contributed by atoms with Crippen LogP contribution < -0.4 is 10.9 Å². The van der Waals surface area contributed by atoms with Crippen molar-refractivity contribution in [2.45, 2.75) is 39.8 Å². The molecule has 1 aromatic heterocycles. The van der Waals surface area contributed by atoms with Gasteiger partial charge in [-0.2, -0.15) is 0 Å². The van der Waals surface area contributed by atoms with Crippen molar-refractivity contribution in [2.75, 3.05) is 6.54 Å². The fourth-order valence-electron chi connectivity index (χ4n) is 1.34. The maximum Gasteiger partial charge on any atom is 0.250 e. The molecular weight excluding hydrogens is 188 g/mol. The minimum absolute atomic E-state index is 0.0747. The van der Waals surface area contributed by atoms with Crippen LogP contribution in [0.5, 0.6) is 0 Å². The summed E-state index contributed by atoms with van der Waals surface area (Å²) in [5, 5.41) is 3.35. The van der Waals surface area contributed by atoms with Crippen LogP contribution in [-0.4, -0.2) is 16.7 Å². The van der Waals surface area contributed by atoms with Crippen LogP contribution in [0.15, 0.2) is 23.1 Å². The minimum Gasteiger partial charge on any atom is -0.314 e. The lowest BCUT2D eigenvalue weighted by molar-refractivity contribution is 0.410. The second kappa shape index (κ2) is 4.62. The third kappa shape index (κ3) is 4.30. The van der Waals surface area contributed by atoms with E-state index in [0.29, 0.717) is 0 Å². The van der Waals surface area contributed by atoms with E-state index in [1.807, 2.05) is 19.2 Å². The third-order valence-electron chi connectivity index (χ3n) is 2.16. The van der Waals surface area contributed by atoms with E-state index in [2.05, 4.69) is 26.1 Å². The first-order valence-electron chi connectivity index (χ1n) is 5.31. The molecule has 0 radical (unpaired) electrons. The van der Waals surface area contributed by atoms with Gasteiger partial charge in [-0.1, -0.05) is 0 Å². The van der Waals surface area contributed by atoms with Crippen LogP contribution in [0, 0.1) is 6.92 Å². The summed E-state index contributed by atoms with van der Waals surface area (Å²) in [5.74, 6) is 0. The molecule has 0 bridgehead atoms. The van der Waals surface area contributed by atoms with E-state index in [1.54, 1.807) is 10.6 Å². The van der Waals surface area contributed by atoms with Gasteiger partial charge in [0.05, 0.1) is 0 Å². The topological polar surface area (TPSA) is 34.0 Å². The molecular formula is C12H20N2O. The van der Waals surface area contributed by atoms with E-state index < -0.39 is 0 Å². The van der Waals surface area contributed by atoms with Crippen molar-refractivity contribution in [3.8, 4) is 0 Å². The summed E-state index contributed by atoms with van der Waals surface area (Å²) < 4.78 is 1.73. The number of rotatable bonds is 3. The number of nitrogens with zero attached hydrogens (tertiary/aromatic N) is 1. The van der Waals surface area contributed by atoms with Gasteiger partial charge >= 0.3 is 0 Å². The normalized spacial score (nSPS) is 11.7. The summed E-state index contributed by atoms with van der Waals surface area (Å²) in [6, 6.07) is 3.62. The van der Waals surface area contributed by atoms with Gasteiger partial charge in [0.15, 0.2) is 0 Å². The van der Waals surface area contributed by atoms with Gasteiger partial charge in [-0.15, -0.1) is 0 Å². The van der Waals surface area contributed by atoms with E-state index in [0.717, 1.165) is 18.7 Å². The largest absolute Gasteiger partial charge is 0.314 e. The molecule has 1 aromatic rings. The van der Waals surface area contributed by atoms with Crippen molar-refractivity contribution in [3.05, 3.63) is 34.2 Å². The molecule has 0 saturated carbocycles. The van der Waals surface area contributed by atoms with Crippen LogP contribution in [-0.2, 0) is 6.54 Å². The Morgan fingerprint density at radius 2 is 2.07 bits per heavy atom. The Bertz CT molecular complexity index is 374. The number of hydrogen-bond donors (Lipinski definition) is 1. The van der Waals surface area contributed by atoms with E-state index in [1.165, 1.54) is 0 Å². The molecule has 0 saturated heterocycles. The fourth-order valence-corrected chi connectivity index (χ4v) is 1.34. The average Bonchev–Trinajstić information content (AvgIpc) is 2.07. The molecule has 0 aliphatic carbocycles. The molecule has 0 atom stereocenters. The highest BCUT2D eigenvalue weighted by molar-refractivity contribution is 5.07. The quantitative estimate of drug-likeness (QED) is 0.817. The van der Waals surface area contributed by atoms with E-state index in [-0.39, 0.29) is 11.1 Å². The molecule has 0 spiro atoms. The van der Waals surface area contributed by atoms with Gasteiger partial charge in [0.25, 0.3) is 5.56 Å². The number of pyridine rings is 1. The SMILES string of the molecule is Cc1ccn(CCNC(C)(C)C)c(=O)c1. The van der Waals surface area contributed by atoms with Crippen molar-refractivity contribution >= 4 is 0 Å². The van der Waals surface area contributed by atoms with E-state index >= 15 is 0 Å². The Labute approximate surface area is 91.1 Å². The van der Waals surface area contributed by atoms with Crippen LogP contribution in [0.25, 0.3) is 0 Å². The summed E-state index contributed by atoms with van der Waals surface area (Å²) in [6.07, 6.45) is 1.85. The molecule has 0 amide bonds. The zero-order valence-electron chi connectivity index (χ0n) is 10.0. The fraction of sp³-hybridized carbons (Fsp3) is 0.583. The van der Waals surface area contributed by atoms with Gasteiger partial charge in [0.2, 0.25) is 0 Å². The zero-order chi connectivity index (χ0) is 11.5. The molecule has 0 aliphatic heterocycles. The average molecular weight is 208 g/mol. The summed E-state index contributed by atoms with van der Waals surface area (Å²) >= 11 is 0. The lowest BCUT2D eigenvalue weighted by Crippen LogP contribution is -2.38. The lowest BCUT2D eigenvalue weighted by atomic mass is 10.1. The van der Waals surface area contributed by atoms with Gasteiger partial charge < -0.3 is 9.88 Å². The first-order chi connectivity index (χ1) is 6.88. The first-order valence-corrected chi connectivity index (χ1v) is 5.31. The smallest absolute Gasteiger partial charge is 0.250 e. The maximum absolute atomic E-state index is 11.5. The third-order valence-corrected chi connectivity index (χ3v) is 2.16. The molecule has 84 valence electrons. The Morgan fingerprint density at radius 1 is 1.40 bits per heavy atom. The van der Waals surface area contributed by atoms with Gasteiger partial charge in [-0.05, 0) is 39.3 Å². The number of aromatic nitrogens is 1. The molecule has 1 rings (SSSR count). The van der Waals surface area contributed by atoms with E-state index in [4.69, 9.17) is 0 Å². The predicted octanol–water partition coefficient (Wildman–Crippen LogP) is 1.54. The van der Waals surface area contributed by atoms with Crippen molar-refractivity contribution in [2.24, 2.45) is 0 Å². The van der Waals surface area contributed by atoms with Crippen molar-refractivity contribution < 1.29 is 0 Å². The second-order valence-electron chi connectivity index (χ2n) is 4.91. The summed E-state index contributed by atoms with van der Waals surface area (Å²) in [6.45, 7) is 9.81. The van der Waals surface area contributed by atoms with Gasteiger partial charge in [-0.25, -0.2) is 0 Å². The Hall–Kier alpha value is -1.09. The zero-order valence-corrected chi connectivity index (χ0v) is 10.0. The number of aryl methyl sites for hydroxylation is 1. The second-order valence-corrected chi connectivity index (χ2v) is 4.91. The van der Waals surface area contributed by atoms with Crippen molar-refractivity contribution in [1.82, 2.24) is 9.88 Å². The molecule has 0 unspecified atom stereocenters. The molecule has 3 nitrogen and oxygen atoms in total. The highest BCUT2D eigenvalue weighted by Gasteiger charge is 2.07. The highest BCUT2D eigenvalue weighted by Crippen LogP contribution is 1.97. The van der Waals surface area contributed by atoms with Crippen LogP contribution in [0.3, 0.4) is 0 Å². The van der Waals surface area contributed by atoms with Crippen LogP contribution in [0.4, 0.5) is 0 Å². The Morgan fingerprint density at radius 3 is 2.60 bits per heavy atom. The predicted molar refractivity (Wildman–Crippen MR) is 63.2 cm³/mol. The van der Waals surface area contributed by atoms with Crippen LogP contribution in [0.1, 0.15) is 26.3 Å². The van der Waals surface area contributed by atoms with Gasteiger partial charge in [-0.3, -0.25) is 4.79 Å². The Kier molecular flexibility index (Phi) is 3.69. The monoisotopic (exact) mass is 208 g/mol. The van der Waals surface area contributed by atoms with Crippen molar-refractivity contribution in [3.63, 3.8) is 0 Å². The minimum atomic E-state index is 0.0747. The summed E-state index contributed by atoms with van der Waals surface area (Å²) in [4.78, 5) is 11.5. The maximum atomic E-state index is 11.5. The molecule has 0 aliphatic rings. The van der Waals surface area contributed by atoms with Crippen LogP contribution >= 0.6 is 0 Å². The molecule has 1 heterocycles. The molecule has 0 aromatic carbocycles. The molecule has 1 N–H and O–H groups in total. The first kappa shape index (κ1) is 12.0. The van der Waals surface area contributed by atoms with Gasteiger partial charge in [0.1, 0.15) is 0 Å². The number of nitrogens with one attached hydrogen (secondary N) is 1. The lowest BCUT2D eigenvalue weighted by Gasteiger charge is -2.20. The molecule has 15 heavy (non-hydrogen) atoms. The highest BCUT2D eigenvalue weighted by atomic mass is 16.1.